The molecule has 36 heavy (non-hydrogen) atoms. The van der Waals surface area contributed by atoms with E-state index in [1.807, 2.05) is 55.5 Å². The first-order chi connectivity index (χ1) is 17.5. The van der Waals surface area contributed by atoms with Gasteiger partial charge in [0.2, 0.25) is 11.8 Å². The Balaban J connectivity index is 1.78. The van der Waals surface area contributed by atoms with Crippen molar-refractivity contribution in [2.75, 3.05) is 11.4 Å². The van der Waals surface area contributed by atoms with Gasteiger partial charge in [0.05, 0.1) is 5.52 Å². The molecule has 2 aromatic heterocycles. The lowest BCUT2D eigenvalue weighted by Gasteiger charge is -2.33. The summed E-state index contributed by atoms with van der Waals surface area (Å²) in [6, 6.07) is 17.9. The number of fused-ring (bicyclic) bond motifs is 1. The van der Waals surface area contributed by atoms with E-state index in [9.17, 15) is 9.59 Å². The van der Waals surface area contributed by atoms with Gasteiger partial charge in [-0.15, -0.1) is 5.10 Å². The van der Waals surface area contributed by atoms with Crippen LogP contribution in [0.4, 0.5) is 5.69 Å². The summed E-state index contributed by atoms with van der Waals surface area (Å²) in [6.45, 7) is 6.74. The molecule has 0 bridgehead atoms. The number of pyridine rings is 1. The average molecular weight is 485 g/mol. The van der Waals surface area contributed by atoms with Crippen LogP contribution >= 0.6 is 0 Å². The van der Waals surface area contributed by atoms with Gasteiger partial charge in [-0.3, -0.25) is 19.5 Å². The average Bonchev–Trinajstić information content (AvgIpc) is 3.30. The van der Waals surface area contributed by atoms with Crippen LogP contribution < -0.4 is 10.2 Å². The lowest BCUT2D eigenvalue weighted by Crippen LogP contribution is -2.46. The van der Waals surface area contributed by atoms with E-state index in [4.69, 9.17) is 0 Å². The van der Waals surface area contributed by atoms with Crippen molar-refractivity contribution < 1.29 is 9.59 Å². The van der Waals surface area contributed by atoms with Crippen molar-refractivity contribution in [1.82, 2.24) is 25.3 Å². The number of hydrogen-bond donors (Lipinski definition) is 1. The number of aryl methyl sites for hydroxylation is 1. The molecule has 1 atom stereocenters. The molecule has 2 aromatic carbocycles. The summed E-state index contributed by atoms with van der Waals surface area (Å²) in [5.41, 5.74) is 3.84. The van der Waals surface area contributed by atoms with E-state index in [-0.39, 0.29) is 18.4 Å². The van der Waals surface area contributed by atoms with Crippen molar-refractivity contribution in [2.24, 2.45) is 5.92 Å². The topological polar surface area (TPSA) is 93.0 Å². The summed E-state index contributed by atoms with van der Waals surface area (Å²) in [6.07, 6.45) is 4.84. The Morgan fingerprint density at radius 3 is 2.47 bits per heavy atom. The van der Waals surface area contributed by atoms with Gasteiger partial charge in [0, 0.05) is 24.6 Å². The number of anilines is 1. The molecule has 0 spiro atoms. The van der Waals surface area contributed by atoms with Crippen LogP contribution in [0.3, 0.4) is 0 Å². The fraction of sp³-hybridized carbons (Fsp3) is 0.321. The number of benzene rings is 2. The maximum Gasteiger partial charge on any atom is 0.249 e. The van der Waals surface area contributed by atoms with Crippen molar-refractivity contribution >= 4 is 28.5 Å². The molecule has 0 fully saturated rings. The fourth-order valence-corrected chi connectivity index (χ4v) is 4.24. The molecule has 1 N–H and O–H groups in total. The van der Waals surface area contributed by atoms with E-state index in [0.717, 1.165) is 17.5 Å². The molecule has 0 saturated heterocycles. The van der Waals surface area contributed by atoms with Crippen LogP contribution in [0.2, 0.25) is 0 Å². The van der Waals surface area contributed by atoms with Crippen molar-refractivity contribution in [3.8, 4) is 0 Å². The lowest BCUT2D eigenvalue weighted by molar-refractivity contribution is -0.127. The molecular weight excluding hydrogens is 452 g/mol. The first-order valence-electron chi connectivity index (χ1n) is 12.4. The van der Waals surface area contributed by atoms with E-state index in [2.05, 4.69) is 34.5 Å². The summed E-state index contributed by atoms with van der Waals surface area (Å²) < 4.78 is 1.58. The van der Waals surface area contributed by atoms with Gasteiger partial charge in [-0.05, 0) is 60.2 Å². The van der Waals surface area contributed by atoms with Crippen LogP contribution in [0, 0.1) is 5.92 Å². The zero-order chi connectivity index (χ0) is 25.5. The molecule has 186 valence electrons. The fourth-order valence-electron chi connectivity index (χ4n) is 4.24. The minimum Gasteiger partial charge on any atom is -0.354 e. The second-order valence-electron chi connectivity index (χ2n) is 9.14. The summed E-state index contributed by atoms with van der Waals surface area (Å²) in [7, 11) is 0. The monoisotopic (exact) mass is 484 g/mol. The molecule has 8 heteroatoms. The standard InChI is InChI=1S/C28H32N6O2/c1-4-21-9-5-7-11-24(21)34(26(35)19-33-25-12-8-6-10-23(25)31-32-33)27(22-14-16-29-17-15-22)28(36)30-18-13-20(2)3/h5-12,14-17,20,27H,4,13,18-19H2,1-3H3,(H,30,36)/t27-/m1/s1. The third-order valence-electron chi connectivity index (χ3n) is 6.16. The second-order valence-corrected chi connectivity index (χ2v) is 9.14. The van der Waals surface area contributed by atoms with Crippen LogP contribution in [0.25, 0.3) is 11.0 Å². The number of carbonyl (C=O) groups is 2. The maximum absolute atomic E-state index is 14.1. The van der Waals surface area contributed by atoms with Crippen molar-refractivity contribution in [2.45, 2.75) is 46.2 Å². The quantitative estimate of drug-likeness (QED) is 0.362. The number of hydrogen-bond acceptors (Lipinski definition) is 5. The summed E-state index contributed by atoms with van der Waals surface area (Å²) in [4.78, 5) is 33.5. The number of aromatic nitrogens is 4. The number of para-hydroxylation sites is 2. The third kappa shape index (κ3) is 5.59. The first-order valence-corrected chi connectivity index (χ1v) is 12.4. The smallest absolute Gasteiger partial charge is 0.249 e. The van der Waals surface area contributed by atoms with Crippen LogP contribution in [0.1, 0.15) is 44.4 Å². The van der Waals surface area contributed by atoms with Crippen molar-refractivity contribution in [3.63, 3.8) is 0 Å². The molecule has 4 aromatic rings. The predicted molar refractivity (Wildman–Crippen MR) is 140 cm³/mol. The molecule has 0 saturated carbocycles. The molecule has 0 aliphatic carbocycles. The van der Waals surface area contributed by atoms with Crippen molar-refractivity contribution in [3.05, 3.63) is 84.2 Å². The lowest BCUT2D eigenvalue weighted by atomic mass is 10.0. The van der Waals surface area contributed by atoms with Crippen LogP contribution in [0.15, 0.2) is 73.1 Å². The Morgan fingerprint density at radius 2 is 1.72 bits per heavy atom. The van der Waals surface area contributed by atoms with E-state index < -0.39 is 6.04 Å². The normalized spacial score (nSPS) is 12.0. The van der Waals surface area contributed by atoms with Gasteiger partial charge in [0.25, 0.3) is 0 Å². The van der Waals surface area contributed by atoms with Gasteiger partial charge in [0.1, 0.15) is 18.1 Å². The first kappa shape index (κ1) is 25.0. The summed E-state index contributed by atoms with van der Waals surface area (Å²) >= 11 is 0. The Morgan fingerprint density at radius 1 is 1.00 bits per heavy atom. The number of nitrogens with one attached hydrogen (secondary N) is 1. The highest BCUT2D eigenvalue weighted by Gasteiger charge is 2.34. The molecular formula is C28H32N6O2. The number of rotatable bonds is 10. The molecule has 4 rings (SSSR count). The van der Waals surface area contributed by atoms with E-state index in [1.165, 1.54) is 0 Å². The minimum atomic E-state index is -0.866. The molecule has 2 heterocycles. The number of nitrogens with zero attached hydrogens (tertiary/aromatic N) is 5. The summed E-state index contributed by atoms with van der Waals surface area (Å²) in [5, 5.41) is 11.5. The molecule has 8 nitrogen and oxygen atoms in total. The van der Waals surface area contributed by atoms with Gasteiger partial charge < -0.3 is 5.32 Å². The van der Waals surface area contributed by atoms with E-state index >= 15 is 0 Å². The van der Waals surface area contributed by atoms with Gasteiger partial charge in [-0.1, -0.05) is 56.3 Å². The van der Waals surface area contributed by atoms with E-state index in [0.29, 0.717) is 35.7 Å². The Kier molecular flexibility index (Phi) is 8.05. The Bertz CT molecular complexity index is 1320. The Labute approximate surface area is 211 Å². The molecule has 2 amide bonds. The van der Waals surface area contributed by atoms with Crippen LogP contribution in [-0.4, -0.2) is 38.3 Å². The third-order valence-corrected chi connectivity index (χ3v) is 6.16. The van der Waals surface area contributed by atoms with E-state index in [1.54, 1.807) is 34.1 Å². The minimum absolute atomic E-state index is 0.0561. The van der Waals surface area contributed by atoms with Gasteiger partial charge in [0.15, 0.2) is 0 Å². The van der Waals surface area contributed by atoms with Crippen LogP contribution in [0.5, 0.6) is 0 Å². The number of carbonyl (C=O) groups excluding carboxylic acids is 2. The number of amides is 2. The maximum atomic E-state index is 14.1. The van der Waals surface area contributed by atoms with Crippen LogP contribution in [-0.2, 0) is 22.6 Å². The van der Waals surface area contributed by atoms with Crippen molar-refractivity contribution in [1.29, 1.82) is 0 Å². The highest BCUT2D eigenvalue weighted by Crippen LogP contribution is 2.31. The van der Waals surface area contributed by atoms with Gasteiger partial charge in [-0.2, -0.15) is 0 Å². The SMILES string of the molecule is CCc1ccccc1N(C(=O)Cn1nnc2ccccc21)[C@@H](C(=O)NCCC(C)C)c1ccncc1. The van der Waals surface area contributed by atoms with Gasteiger partial charge >= 0.3 is 0 Å². The Hall–Kier alpha value is -4.07. The second kappa shape index (κ2) is 11.6. The predicted octanol–water partition coefficient (Wildman–Crippen LogP) is 4.33. The summed E-state index contributed by atoms with van der Waals surface area (Å²) in [5.74, 6) is -0.0410. The molecule has 0 aliphatic heterocycles. The largest absolute Gasteiger partial charge is 0.354 e. The molecule has 0 unspecified atom stereocenters. The zero-order valence-electron chi connectivity index (χ0n) is 21.0. The molecule has 0 aliphatic rings. The highest BCUT2D eigenvalue weighted by molar-refractivity contribution is 6.02. The van der Waals surface area contributed by atoms with Gasteiger partial charge in [-0.25, -0.2) is 4.68 Å². The zero-order valence-corrected chi connectivity index (χ0v) is 21.0. The molecule has 0 radical (unpaired) electrons. The highest BCUT2D eigenvalue weighted by atomic mass is 16.2.